The van der Waals surface area contributed by atoms with Crippen LogP contribution in [0.25, 0.3) is 11.3 Å². The lowest BCUT2D eigenvalue weighted by Gasteiger charge is -2.19. The van der Waals surface area contributed by atoms with Gasteiger partial charge in [0.05, 0.1) is 10.0 Å². The van der Waals surface area contributed by atoms with Gasteiger partial charge in [0.15, 0.2) is 0 Å². The number of aryl methyl sites for hydroxylation is 1. The number of rotatable bonds is 2. The standard InChI is InChI=1S/C18H19Cl2N3O2.ClH/c1-9-15(17(22-25-9)16-12(19)3-2-4-13(16)20)18(24)23-7-10-5-6-14(21)11(10)8-23;/h2-4,10-11,14H,5-8,21H2,1H3;1H. The van der Waals surface area contributed by atoms with Crippen molar-refractivity contribution in [2.24, 2.45) is 17.6 Å². The average molecular weight is 417 g/mol. The largest absolute Gasteiger partial charge is 0.360 e. The van der Waals surface area contributed by atoms with Crippen LogP contribution in [0, 0.1) is 18.8 Å². The van der Waals surface area contributed by atoms with Crippen molar-refractivity contribution in [2.75, 3.05) is 13.1 Å². The molecule has 0 spiro atoms. The molecule has 2 aromatic rings. The lowest BCUT2D eigenvalue weighted by Crippen LogP contribution is -2.33. The van der Waals surface area contributed by atoms with Crippen molar-refractivity contribution in [1.82, 2.24) is 10.1 Å². The molecule has 1 saturated heterocycles. The molecular weight excluding hydrogens is 397 g/mol. The number of benzene rings is 1. The Balaban J connectivity index is 0.00000196. The van der Waals surface area contributed by atoms with Gasteiger partial charge in [-0.25, -0.2) is 0 Å². The normalized spacial score (nSPS) is 24.5. The predicted octanol–water partition coefficient (Wildman–Crippen LogP) is 4.19. The number of nitrogens with zero attached hydrogens (tertiary/aromatic N) is 2. The number of carbonyl (C=O) groups is 1. The second-order valence-corrected chi connectivity index (χ2v) is 7.75. The minimum atomic E-state index is -0.0914. The number of hydrogen-bond acceptors (Lipinski definition) is 4. The van der Waals surface area contributed by atoms with Crippen molar-refractivity contribution < 1.29 is 9.32 Å². The molecule has 3 unspecified atom stereocenters. The topological polar surface area (TPSA) is 72.4 Å². The van der Waals surface area contributed by atoms with Crippen LogP contribution < -0.4 is 5.73 Å². The second-order valence-electron chi connectivity index (χ2n) is 6.93. The summed E-state index contributed by atoms with van der Waals surface area (Å²) in [6, 6.07) is 5.38. The zero-order chi connectivity index (χ0) is 17.7. The fourth-order valence-electron chi connectivity index (χ4n) is 4.15. The highest BCUT2D eigenvalue weighted by Crippen LogP contribution is 2.40. The third-order valence-corrected chi connectivity index (χ3v) is 6.11. The van der Waals surface area contributed by atoms with Gasteiger partial charge in [0.2, 0.25) is 0 Å². The quantitative estimate of drug-likeness (QED) is 0.797. The SMILES string of the molecule is Cc1onc(-c2c(Cl)cccc2Cl)c1C(=O)N1CC2CCC(N)C2C1.Cl. The maximum absolute atomic E-state index is 13.2. The molecule has 4 rings (SSSR count). The van der Waals surface area contributed by atoms with Crippen LogP contribution in [0.1, 0.15) is 29.0 Å². The Bertz CT molecular complexity index is 819. The molecule has 2 fully saturated rings. The molecule has 8 heteroatoms. The average Bonchev–Trinajstić information content (AvgIpc) is 3.24. The van der Waals surface area contributed by atoms with Crippen LogP contribution in [0.15, 0.2) is 22.7 Å². The van der Waals surface area contributed by atoms with E-state index < -0.39 is 0 Å². The van der Waals surface area contributed by atoms with Gasteiger partial charge >= 0.3 is 0 Å². The van der Waals surface area contributed by atoms with Gasteiger partial charge in [-0.05, 0) is 43.7 Å². The fraction of sp³-hybridized carbons (Fsp3) is 0.444. The first-order valence-electron chi connectivity index (χ1n) is 8.43. The number of fused-ring (bicyclic) bond motifs is 1. The smallest absolute Gasteiger partial charge is 0.259 e. The van der Waals surface area contributed by atoms with E-state index in [1.54, 1.807) is 25.1 Å². The summed E-state index contributed by atoms with van der Waals surface area (Å²) in [5, 5.41) is 4.95. The van der Waals surface area contributed by atoms with Crippen molar-refractivity contribution in [3.63, 3.8) is 0 Å². The molecule has 26 heavy (non-hydrogen) atoms. The summed E-state index contributed by atoms with van der Waals surface area (Å²) in [5.74, 6) is 1.26. The van der Waals surface area contributed by atoms with E-state index in [1.807, 2.05) is 4.90 Å². The molecule has 140 valence electrons. The summed E-state index contributed by atoms with van der Waals surface area (Å²) >= 11 is 12.6. The summed E-state index contributed by atoms with van der Waals surface area (Å²) in [7, 11) is 0. The van der Waals surface area contributed by atoms with Crippen LogP contribution in [0.2, 0.25) is 10.0 Å². The van der Waals surface area contributed by atoms with Crippen LogP contribution in [-0.4, -0.2) is 35.1 Å². The molecule has 2 N–H and O–H groups in total. The van der Waals surface area contributed by atoms with Crippen molar-refractivity contribution >= 4 is 41.5 Å². The number of amides is 1. The first kappa shape index (κ1) is 19.5. The molecule has 5 nitrogen and oxygen atoms in total. The second kappa shape index (κ2) is 7.39. The van der Waals surface area contributed by atoms with Crippen molar-refractivity contribution in [3.05, 3.63) is 39.6 Å². The Morgan fingerprint density at radius 3 is 2.62 bits per heavy atom. The number of nitrogens with two attached hydrogens (primary N) is 1. The highest BCUT2D eigenvalue weighted by Gasteiger charge is 2.43. The molecule has 2 heterocycles. The van der Waals surface area contributed by atoms with Gasteiger partial charge in [0.25, 0.3) is 5.91 Å². The number of likely N-dealkylation sites (tertiary alicyclic amines) is 1. The molecule has 0 radical (unpaired) electrons. The Morgan fingerprint density at radius 2 is 1.96 bits per heavy atom. The molecule has 1 aromatic heterocycles. The van der Waals surface area contributed by atoms with E-state index in [1.165, 1.54) is 0 Å². The highest BCUT2D eigenvalue weighted by molar-refractivity contribution is 6.39. The Kier molecular flexibility index (Phi) is 5.54. The van der Waals surface area contributed by atoms with Crippen LogP contribution >= 0.6 is 35.6 Å². The summed E-state index contributed by atoms with van der Waals surface area (Å²) in [6.45, 7) is 3.15. The molecule has 1 aliphatic carbocycles. The lowest BCUT2D eigenvalue weighted by atomic mass is 9.98. The van der Waals surface area contributed by atoms with E-state index in [-0.39, 0.29) is 24.4 Å². The molecule has 1 aliphatic heterocycles. The van der Waals surface area contributed by atoms with E-state index in [0.29, 0.717) is 51.0 Å². The summed E-state index contributed by atoms with van der Waals surface area (Å²) in [6.07, 6.45) is 2.13. The molecule has 1 aromatic carbocycles. The molecule has 1 saturated carbocycles. The van der Waals surface area contributed by atoms with Crippen LogP contribution in [0.3, 0.4) is 0 Å². The molecule has 2 aliphatic rings. The molecular formula is C18H20Cl3N3O2. The number of halogens is 3. The Labute approximate surface area is 168 Å². The Morgan fingerprint density at radius 1 is 1.27 bits per heavy atom. The maximum atomic E-state index is 13.2. The minimum Gasteiger partial charge on any atom is -0.360 e. The third kappa shape index (κ3) is 3.11. The predicted molar refractivity (Wildman–Crippen MR) is 104 cm³/mol. The number of carbonyl (C=O) groups excluding carboxylic acids is 1. The summed E-state index contributed by atoms with van der Waals surface area (Å²) in [5.41, 5.74) is 7.55. The van der Waals surface area contributed by atoms with E-state index >= 15 is 0 Å². The molecule has 1 amide bonds. The number of aromatic nitrogens is 1. The highest BCUT2D eigenvalue weighted by atomic mass is 35.5. The van der Waals surface area contributed by atoms with Crippen molar-refractivity contribution in [2.45, 2.75) is 25.8 Å². The third-order valence-electron chi connectivity index (χ3n) is 5.48. The molecule has 0 bridgehead atoms. The lowest BCUT2D eigenvalue weighted by molar-refractivity contribution is 0.0778. The van der Waals surface area contributed by atoms with Crippen molar-refractivity contribution in [3.8, 4) is 11.3 Å². The summed E-state index contributed by atoms with van der Waals surface area (Å²) < 4.78 is 5.32. The van der Waals surface area contributed by atoms with E-state index in [9.17, 15) is 4.79 Å². The van der Waals surface area contributed by atoms with E-state index in [2.05, 4.69) is 5.16 Å². The van der Waals surface area contributed by atoms with Gasteiger partial charge in [0.1, 0.15) is 17.0 Å². The zero-order valence-electron chi connectivity index (χ0n) is 14.2. The van der Waals surface area contributed by atoms with Gasteiger partial charge in [-0.1, -0.05) is 34.4 Å². The van der Waals surface area contributed by atoms with Crippen LogP contribution in [0.5, 0.6) is 0 Å². The van der Waals surface area contributed by atoms with Gasteiger partial charge in [-0.15, -0.1) is 12.4 Å². The first-order chi connectivity index (χ1) is 12.0. The van der Waals surface area contributed by atoms with Gasteiger partial charge in [-0.2, -0.15) is 0 Å². The first-order valence-corrected chi connectivity index (χ1v) is 9.18. The monoisotopic (exact) mass is 415 g/mol. The Hall–Kier alpha value is -1.27. The van der Waals surface area contributed by atoms with Gasteiger partial charge < -0.3 is 15.2 Å². The van der Waals surface area contributed by atoms with Gasteiger partial charge in [0, 0.05) is 24.7 Å². The van der Waals surface area contributed by atoms with Crippen LogP contribution in [-0.2, 0) is 0 Å². The molecule has 3 atom stereocenters. The summed E-state index contributed by atoms with van der Waals surface area (Å²) in [4.78, 5) is 15.0. The maximum Gasteiger partial charge on any atom is 0.259 e. The van der Waals surface area contributed by atoms with Crippen molar-refractivity contribution in [1.29, 1.82) is 0 Å². The number of hydrogen-bond donors (Lipinski definition) is 1. The van der Waals surface area contributed by atoms with Crippen LogP contribution in [0.4, 0.5) is 0 Å². The van der Waals surface area contributed by atoms with E-state index in [0.717, 1.165) is 19.4 Å². The zero-order valence-corrected chi connectivity index (χ0v) is 16.6. The fourth-order valence-corrected chi connectivity index (χ4v) is 4.73. The van der Waals surface area contributed by atoms with E-state index in [4.69, 9.17) is 33.5 Å². The minimum absolute atomic E-state index is 0. The van der Waals surface area contributed by atoms with Gasteiger partial charge in [-0.3, -0.25) is 4.79 Å².